The van der Waals surface area contributed by atoms with Gasteiger partial charge >= 0.3 is 0 Å². The fraction of sp³-hybridized carbons (Fsp3) is 0.290. The summed E-state index contributed by atoms with van der Waals surface area (Å²) in [5, 5.41) is 13.2. The number of hydrogen-bond acceptors (Lipinski definition) is 5. The van der Waals surface area contributed by atoms with Gasteiger partial charge in [-0.05, 0) is 97.6 Å². The van der Waals surface area contributed by atoms with Crippen LogP contribution in [-0.4, -0.2) is 64.4 Å². The minimum absolute atomic E-state index is 0.317. The van der Waals surface area contributed by atoms with Crippen LogP contribution < -0.4 is 10.1 Å². The summed E-state index contributed by atoms with van der Waals surface area (Å²) in [4.78, 5) is 10.4. The number of likely N-dealkylation sites (tertiary alicyclic amines) is 1. The van der Waals surface area contributed by atoms with Crippen molar-refractivity contribution in [2.24, 2.45) is 0 Å². The molecular formula is C31H31FN6O. The van der Waals surface area contributed by atoms with Crippen molar-refractivity contribution in [3.63, 3.8) is 0 Å². The van der Waals surface area contributed by atoms with Crippen molar-refractivity contribution in [1.82, 2.24) is 30.4 Å². The fourth-order valence-electron chi connectivity index (χ4n) is 5.81. The van der Waals surface area contributed by atoms with Crippen LogP contribution >= 0.6 is 0 Å². The van der Waals surface area contributed by atoms with Crippen molar-refractivity contribution in [3.05, 3.63) is 72.2 Å². The van der Waals surface area contributed by atoms with Gasteiger partial charge < -0.3 is 15.0 Å². The minimum atomic E-state index is -0.317. The second kappa shape index (κ2) is 10.3. The SMILES string of the molecule is Fc1cc(OCCN2CCCC2)cc(-c2ccnc3[nH]c(-c4n[nH]c5ccc(C6=CCNCC6)cc45)cc23)c1. The molecule has 2 aliphatic rings. The maximum absolute atomic E-state index is 14.7. The lowest BCUT2D eigenvalue weighted by atomic mass is 9.98. The average Bonchev–Trinajstić information content (AvgIpc) is 3.72. The summed E-state index contributed by atoms with van der Waals surface area (Å²) in [7, 11) is 0. The molecule has 0 unspecified atom stereocenters. The molecule has 5 aromatic rings. The lowest BCUT2D eigenvalue weighted by Gasteiger charge is -2.15. The molecule has 39 heavy (non-hydrogen) atoms. The van der Waals surface area contributed by atoms with Gasteiger partial charge in [0.15, 0.2) is 0 Å². The molecule has 2 aliphatic heterocycles. The zero-order valence-corrected chi connectivity index (χ0v) is 21.8. The molecule has 0 spiro atoms. The fourth-order valence-corrected chi connectivity index (χ4v) is 5.81. The Balaban J connectivity index is 1.22. The predicted molar refractivity (Wildman–Crippen MR) is 153 cm³/mol. The van der Waals surface area contributed by atoms with E-state index in [1.54, 1.807) is 12.3 Å². The quantitative estimate of drug-likeness (QED) is 0.253. The average molecular weight is 523 g/mol. The Morgan fingerprint density at radius 3 is 2.77 bits per heavy atom. The van der Waals surface area contributed by atoms with Gasteiger partial charge in [-0.2, -0.15) is 5.10 Å². The van der Waals surface area contributed by atoms with E-state index in [4.69, 9.17) is 4.74 Å². The summed E-state index contributed by atoms with van der Waals surface area (Å²) in [6.45, 7) is 5.52. The largest absolute Gasteiger partial charge is 0.492 e. The van der Waals surface area contributed by atoms with Crippen LogP contribution in [0.5, 0.6) is 5.75 Å². The third-order valence-electron chi connectivity index (χ3n) is 7.84. The van der Waals surface area contributed by atoms with Gasteiger partial charge in [0.25, 0.3) is 0 Å². The van der Waals surface area contributed by atoms with Crippen LogP contribution in [0.3, 0.4) is 0 Å². The molecule has 0 radical (unpaired) electrons. The molecule has 0 aliphatic carbocycles. The van der Waals surface area contributed by atoms with E-state index in [9.17, 15) is 4.39 Å². The van der Waals surface area contributed by atoms with Crippen LogP contribution in [0.1, 0.15) is 24.8 Å². The van der Waals surface area contributed by atoms with Crippen LogP contribution in [0.25, 0.3) is 50.0 Å². The zero-order chi connectivity index (χ0) is 26.2. The lowest BCUT2D eigenvalue weighted by molar-refractivity contribution is 0.237. The van der Waals surface area contributed by atoms with Gasteiger partial charge in [-0.3, -0.25) is 10.00 Å². The smallest absolute Gasteiger partial charge is 0.138 e. The first-order valence-corrected chi connectivity index (χ1v) is 13.7. The van der Waals surface area contributed by atoms with Gasteiger partial charge in [0.1, 0.15) is 29.5 Å². The molecule has 1 saturated heterocycles. The highest BCUT2D eigenvalue weighted by atomic mass is 19.1. The number of rotatable bonds is 7. The van der Waals surface area contributed by atoms with Crippen molar-refractivity contribution in [2.45, 2.75) is 19.3 Å². The Bertz CT molecular complexity index is 1680. The monoisotopic (exact) mass is 522 g/mol. The molecule has 3 aromatic heterocycles. The van der Waals surface area contributed by atoms with Crippen LogP contribution in [0, 0.1) is 5.82 Å². The van der Waals surface area contributed by atoms with Crippen molar-refractivity contribution in [3.8, 4) is 28.3 Å². The summed E-state index contributed by atoms with van der Waals surface area (Å²) in [6, 6.07) is 15.4. The van der Waals surface area contributed by atoms with Crippen LogP contribution in [0.15, 0.2) is 60.8 Å². The summed E-state index contributed by atoms with van der Waals surface area (Å²) in [6.07, 6.45) is 7.50. The number of aromatic nitrogens is 4. The molecule has 0 bridgehead atoms. The standard InChI is InChI=1S/C31H31FN6O/c32-23-15-22(16-24(18-23)39-14-13-38-11-1-2-12-38)25-7-10-34-31-26(25)19-29(35-31)30-27-17-21(3-4-28(27)36-37-30)20-5-8-33-9-6-20/h3-5,7,10,15-19,33H,1-2,6,8-9,11-14H2,(H,34,35)(H,36,37). The van der Waals surface area contributed by atoms with Gasteiger partial charge in [-0.1, -0.05) is 12.1 Å². The van der Waals surface area contributed by atoms with E-state index in [1.165, 1.54) is 30.0 Å². The number of nitrogens with one attached hydrogen (secondary N) is 3. The number of aromatic amines is 2. The second-order valence-electron chi connectivity index (χ2n) is 10.4. The highest BCUT2D eigenvalue weighted by Crippen LogP contribution is 2.35. The summed E-state index contributed by atoms with van der Waals surface area (Å²) in [5.74, 6) is 0.227. The summed E-state index contributed by atoms with van der Waals surface area (Å²) in [5.41, 5.74) is 7.66. The zero-order valence-electron chi connectivity index (χ0n) is 21.8. The molecule has 5 heterocycles. The molecule has 198 valence electrons. The lowest BCUT2D eigenvalue weighted by Crippen LogP contribution is -2.25. The molecular weight excluding hydrogens is 491 g/mol. The van der Waals surface area contributed by atoms with Gasteiger partial charge in [0.05, 0.1) is 11.2 Å². The molecule has 0 amide bonds. The molecule has 2 aromatic carbocycles. The van der Waals surface area contributed by atoms with E-state index in [0.717, 1.165) is 83.6 Å². The normalized spacial score (nSPS) is 16.3. The number of nitrogens with zero attached hydrogens (tertiary/aromatic N) is 3. The molecule has 7 rings (SSSR count). The van der Waals surface area contributed by atoms with Crippen LogP contribution in [-0.2, 0) is 0 Å². The van der Waals surface area contributed by atoms with Crippen molar-refractivity contribution in [2.75, 3.05) is 39.3 Å². The molecule has 8 heteroatoms. The first kappa shape index (κ1) is 24.1. The van der Waals surface area contributed by atoms with E-state index >= 15 is 0 Å². The van der Waals surface area contributed by atoms with Crippen molar-refractivity contribution < 1.29 is 9.13 Å². The summed E-state index contributed by atoms with van der Waals surface area (Å²) < 4.78 is 20.7. The third-order valence-corrected chi connectivity index (χ3v) is 7.84. The molecule has 0 saturated carbocycles. The molecule has 0 atom stereocenters. The molecule has 3 N–H and O–H groups in total. The molecule has 7 nitrogen and oxygen atoms in total. The first-order chi connectivity index (χ1) is 19.2. The number of fused-ring (bicyclic) bond motifs is 2. The first-order valence-electron chi connectivity index (χ1n) is 13.7. The van der Waals surface area contributed by atoms with E-state index in [-0.39, 0.29) is 5.82 Å². The van der Waals surface area contributed by atoms with Crippen LogP contribution in [0.2, 0.25) is 0 Å². The van der Waals surface area contributed by atoms with E-state index in [0.29, 0.717) is 12.4 Å². The number of benzene rings is 2. The Morgan fingerprint density at radius 1 is 0.974 bits per heavy atom. The Labute approximate surface area is 226 Å². The third kappa shape index (κ3) is 4.82. The highest BCUT2D eigenvalue weighted by Gasteiger charge is 2.17. The van der Waals surface area contributed by atoms with E-state index in [2.05, 4.69) is 60.7 Å². The van der Waals surface area contributed by atoms with Gasteiger partial charge in [0.2, 0.25) is 0 Å². The van der Waals surface area contributed by atoms with Crippen LogP contribution in [0.4, 0.5) is 4.39 Å². The number of H-pyrrole nitrogens is 2. The minimum Gasteiger partial charge on any atom is -0.492 e. The topological polar surface area (TPSA) is 81.9 Å². The van der Waals surface area contributed by atoms with Gasteiger partial charge in [-0.25, -0.2) is 9.37 Å². The number of ether oxygens (including phenoxy) is 1. The van der Waals surface area contributed by atoms with Gasteiger partial charge in [0, 0.05) is 36.1 Å². The molecule has 1 fully saturated rings. The predicted octanol–water partition coefficient (Wildman–Crippen LogP) is 5.76. The number of hydrogen-bond donors (Lipinski definition) is 3. The maximum Gasteiger partial charge on any atom is 0.138 e. The van der Waals surface area contributed by atoms with E-state index in [1.807, 2.05) is 12.1 Å². The van der Waals surface area contributed by atoms with E-state index < -0.39 is 0 Å². The van der Waals surface area contributed by atoms with Gasteiger partial charge in [-0.15, -0.1) is 0 Å². The Morgan fingerprint density at radius 2 is 1.90 bits per heavy atom. The van der Waals surface area contributed by atoms with Crippen molar-refractivity contribution in [1.29, 1.82) is 0 Å². The summed E-state index contributed by atoms with van der Waals surface area (Å²) >= 11 is 0. The van der Waals surface area contributed by atoms with Crippen molar-refractivity contribution >= 4 is 27.5 Å². The Kier molecular flexibility index (Phi) is 6.34. The maximum atomic E-state index is 14.7. The second-order valence-corrected chi connectivity index (χ2v) is 10.4. The number of halogens is 1. The Hall–Kier alpha value is -4.01. The highest BCUT2D eigenvalue weighted by molar-refractivity contribution is 6.00. The number of pyridine rings is 1.